The van der Waals surface area contributed by atoms with Gasteiger partial charge in [-0.1, -0.05) is 0 Å². The van der Waals surface area contributed by atoms with Crippen LogP contribution >= 0.6 is 0 Å². The molecule has 2 amide bonds. The summed E-state index contributed by atoms with van der Waals surface area (Å²) in [4.78, 5) is 21.4. The molecule has 2 fully saturated rings. The summed E-state index contributed by atoms with van der Waals surface area (Å²) in [6.45, 7) is 3.72. The number of hydrogen-bond donors (Lipinski definition) is 2. The number of aromatic nitrogens is 2. The first-order valence-corrected chi connectivity index (χ1v) is 9.15. The zero-order valence-electron chi connectivity index (χ0n) is 15.2. The zero-order valence-corrected chi connectivity index (χ0v) is 15.2. The molecule has 0 aliphatic carbocycles. The maximum absolute atomic E-state index is 12.9. The van der Waals surface area contributed by atoms with Crippen LogP contribution in [0.3, 0.4) is 0 Å². The van der Waals surface area contributed by atoms with E-state index < -0.39 is 11.9 Å². The highest BCUT2D eigenvalue weighted by Gasteiger charge is 2.34. The van der Waals surface area contributed by atoms with Crippen molar-refractivity contribution in [1.29, 1.82) is 0 Å². The average molecular weight is 387 g/mol. The molecule has 3 heterocycles. The Morgan fingerprint density at radius 3 is 2.67 bits per heavy atom. The third kappa shape index (κ3) is 5.44. The van der Waals surface area contributed by atoms with Crippen LogP contribution in [0.5, 0.6) is 0 Å². The zero-order chi connectivity index (χ0) is 19.4. The molecule has 10 heteroatoms. The molecule has 2 aliphatic heterocycles. The number of nitrogens with zero attached hydrogens (tertiary/aromatic N) is 3. The molecule has 0 unspecified atom stereocenters. The minimum absolute atomic E-state index is 0.0178. The lowest BCUT2D eigenvalue weighted by Crippen LogP contribution is -2.49. The van der Waals surface area contributed by atoms with E-state index in [1.54, 1.807) is 4.90 Å². The fourth-order valence-corrected chi connectivity index (χ4v) is 3.36. The van der Waals surface area contributed by atoms with Crippen LogP contribution in [0.25, 0.3) is 0 Å². The van der Waals surface area contributed by atoms with Crippen molar-refractivity contribution in [3.05, 3.63) is 17.6 Å². The molecule has 27 heavy (non-hydrogen) atoms. The maximum atomic E-state index is 12.9. The Bertz CT molecular complexity index is 656. The molecule has 0 spiro atoms. The van der Waals surface area contributed by atoms with E-state index in [-0.39, 0.29) is 29.8 Å². The molecule has 1 aromatic rings. The highest BCUT2D eigenvalue weighted by atomic mass is 19.4. The molecular formula is C17H24F3N5O2. The Kier molecular flexibility index (Phi) is 6.03. The first-order valence-electron chi connectivity index (χ1n) is 9.15. The van der Waals surface area contributed by atoms with Crippen molar-refractivity contribution in [3.8, 4) is 0 Å². The number of halogens is 3. The third-order valence-electron chi connectivity index (χ3n) is 4.78. The number of alkyl halides is 3. The van der Waals surface area contributed by atoms with Gasteiger partial charge in [0.1, 0.15) is 17.3 Å². The van der Waals surface area contributed by atoms with Crippen molar-refractivity contribution in [2.75, 3.05) is 31.1 Å². The van der Waals surface area contributed by atoms with Crippen molar-refractivity contribution >= 4 is 11.8 Å². The van der Waals surface area contributed by atoms with Crippen LogP contribution in [0.1, 0.15) is 37.2 Å². The van der Waals surface area contributed by atoms with Crippen LogP contribution in [0, 0.1) is 6.92 Å². The Hall–Kier alpha value is -2.10. The van der Waals surface area contributed by atoms with Crippen LogP contribution in [0.4, 0.5) is 23.8 Å². The van der Waals surface area contributed by atoms with Crippen molar-refractivity contribution in [3.63, 3.8) is 0 Å². The van der Waals surface area contributed by atoms with E-state index in [2.05, 4.69) is 20.6 Å². The molecule has 2 aliphatic rings. The number of rotatable bonds is 4. The van der Waals surface area contributed by atoms with Gasteiger partial charge in [0, 0.05) is 38.3 Å². The highest BCUT2D eigenvalue weighted by molar-refractivity contribution is 5.74. The van der Waals surface area contributed by atoms with Gasteiger partial charge in [0.2, 0.25) is 0 Å². The van der Waals surface area contributed by atoms with E-state index in [4.69, 9.17) is 4.74 Å². The first kappa shape index (κ1) is 19.7. The van der Waals surface area contributed by atoms with Gasteiger partial charge >= 0.3 is 12.2 Å². The lowest BCUT2D eigenvalue weighted by molar-refractivity contribution is -0.141. The van der Waals surface area contributed by atoms with Crippen LogP contribution in [0.15, 0.2) is 6.07 Å². The predicted octanol–water partition coefficient (Wildman–Crippen LogP) is 2.25. The normalized spacial score (nSPS) is 21.3. The van der Waals surface area contributed by atoms with E-state index in [1.807, 2.05) is 0 Å². The van der Waals surface area contributed by atoms with Crippen molar-refractivity contribution < 1.29 is 22.7 Å². The molecule has 2 saturated heterocycles. The van der Waals surface area contributed by atoms with Gasteiger partial charge in [-0.25, -0.2) is 14.8 Å². The summed E-state index contributed by atoms with van der Waals surface area (Å²) in [6.07, 6.45) is -1.16. The highest BCUT2D eigenvalue weighted by Crippen LogP contribution is 2.30. The van der Waals surface area contributed by atoms with Crippen molar-refractivity contribution in [2.45, 2.75) is 50.9 Å². The smallest absolute Gasteiger partial charge is 0.376 e. The van der Waals surface area contributed by atoms with E-state index >= 15 is 0 Å². The fraction of sp³-hybridized carbons (Fsp3) is 0.706. The predicted molar refractivity (Wildman–Crippen MR) is 92.5 cm³/mol. The molecular weight excluding hydrogens is 363 g/mol. The number of carbonyl (C=O) groups excluding carboxylic acids is 1. The number of anilines is 1. The standard InChI is InChI=1S/C17H24F3N5O2/c1-11-22-14(17(18,19)20)9-15(23-11)25-6-4-12(5-7-25)24-16(26)21-10-13-3-2-8-27-13/h9,12-13H,2-8,10H2,1H3,(H2,21,24,26)/t13-/m1/s1. The lowest BCUT2D eigenvalue weighted by atomic mass is 10.1. The minimum Gasteiger partial charge on any atom is -0.376 e. The second kappa shape index (κ2) is 8.28. The summed E-state index contributed by atoms with van der Waals surface area (Å²) in [7, 11) is 0. The van der Waals surface area contributed by atoms with Gasteiger partial charge in [0.05, 0.1) is 6.10 Å². The molecule has 0 saturated carbocycles. The van der Waals surface area contributed by atoms with Gasteiger partial charge in [-0.2, -0.15) is 13.2 Å². The number of nitrogens with one attached hydrogen (secondary N) is 2. The molecule has 0 bridgehead atoms. The molecule has 0 aromatic carbocycles. The van der Waals surface area contributed by atoms with Crippen molar-refractivity contribution in [2.24, 2.45) is 0 Å². The Morgan fingerprint density at radius 1 is 1.30 bits per heavy atom. The van der Waals surface area contributed by atoms with Gasteiger partial charge < -0.3 is 20.3 Å². The summed E-state index contributed by atoms with van der Waals surface area (Å²) >= 11 is 0. The number of hydrogen-bond acceptors (Lipinski definition) is 5. The average Bonchev–Trinajstić information content (AvgIpc) is 3.13. The summed E-state index contributed by atoms with van der Waals surface area (Å²) < 4.78 is 44.3. The topological polar surface area (TPSA) is 79.4 Å². The van der Waals surface area contributed by atoms with Crippen LogP contribution in [-0.4, -0.2) is 54.4 Å². The van der Waals surface area contributed by atoms with Crippen LogP contribution < -0.4 is 15.5 Å². The number of aryl methyl sites for hydroxylation is 1. The van der Waals surface area contributed by atoms with Gasteiger partial charge in [0.25, 0.3) is 0 Å². The fourth-order valence-electron chi connectivity index (χ4n) is 3.36. The van der Waals surface area contributed by atoms with E-state index in [9.17, 15) is 18.0 Å². The number of carbonyl (C=O) groups is 1. The molecule has 1 atom stereocenters. The number of urea groups is 1. The molecule has 150 valence electrons. The van der Waals surface area contributed by atoms with Gasteiger partial charge in [-0.3, -0.25) is 0 Å². The number of amides is 2. The molecule has 0 radical (unpaired) electrons. The maximum Gasteiger partial charge on any atom is 0.433 e. The first-order chi connectivity index (χ1) is 12.8. The molecule has 2 N–H and O–H groups in total. The SMILES string of the molecule is Cc1nc(N2CCC(NC(=O)NC[C@H]3CCCO3)CC2)cc(C(F)(F)F)n1. The molecule has 3 rings (SSSR count). The second-order valence-electron chi connectivity index (χ2n) is 6.91. The summed E-state index contributed by atoms with van der Waals surface area (Å²) in [5, 5.41) is 5.73. The van der Waals surface area contributed by atoms with E-state index in [0.717, 1.165) is 25.5 Å². The quantitative estimate of drug-likeness (QED) is 0.829. The monoisotopic (exact) mass is 387 g/mol. The third-order valence-corrected chi connectivity index (χ3v) is 4.78. The number of piperidine rings is 1. The summed E-state index contributed by atoms with van der Waals surface area (Å²) in [6, 6.07) is 0.728. The van der Waals surface area contributed by atoms with Crippen molar-refractivity contribution in [1.82, 2.24) is 20.6 Å². The Balaban J connectivity index is 1.48. The number of ether oxygens (including phenoxy) is 1. The Morgan fingerprint density at radius 2 is 2.04 bits per heavy atom. The Labute approximate surface area is 155 Å². The summed E-state index contributed by atoms with van der Waals surface area (Å²) in [5.74, 6) is 0.365. The summed E-state index contributed by atoms with van der Waals surface area (Å²) in [5.41, 5.74) is -0.932. The van der Waals surface area contributed by atoms with Gasteiger partial charge in [-0.15, -0.1) is 0 Å². The lowest BCUT2D eigenvalue weighted by Gasteiger charge is -2.33. The van der Waals surface area contributed by atoms with E-state index in [1.165, 1.54) is 6.92 Å². The second-order valence-corrected chi connectivity index (χ2v) is 6.91. The van der Waals surface area contributed by atoms with Gasteiger partial charge in [0.15, 0.2) is 0 Å². The van der Waals surface area contributed by atoms with E-state index in [0.29, 0.717) is 32.5 Å². The van der Waals surface area contributed by atoms with Gasteiger partial charge in [-0.05, 0) is 32.6 Å². The largest absolute Gasteiger partial charge is 0.433 e. The minimum atomic E-state index is -4.50. The molecule has 7 nitrogen and oxygen atoms in total. The molecule has 1 aromatic heterocycles. The van der Waals surface area contributed by atoms with Crippen LogP contribution in [-0.2, 0) is 10.9 Å². The van der Waals surface area contributed by atoms with Crippen LogP contribution in [0.2, 0.25) is 0 Å².